The van der Waals surface area contributed by atoms with Gasteiger partial charge in [0.25, 0.3) is 0 Å². The minimum atomic E-state index is -0.00879. The SMILES string of the molecule is CCOC(=O)CC1CCC2(CCNC2)C1. The highest BCUT2D eigenvalue weighted by molar-refractivity contribution is 5.69. The molecule has 1 spiro atoms. The fourth-order valence-electron chi connectivity index (χ4n) is 3.14. The number of nitrogens with one attached hydrogen (secondary N) is 1. The van der Waals surface area contributed by atoms with Crippen LogP contribution >= 0.6 is 0 Å². The normalized spacial score (nSPS) is 34.9. The van der Waals surface area contributed by atoms with Gasteiger partial charge in [0.2, 0.25) is 0 Å². The molecule has 1 saturated carbocycles. The van der Waals surface area contributed by atoms with Crippen molar-refractivity contribution in [2.45, 2.75) is 39.0 Å². The molecule has 0 radical (unpaired) electrons. The summed E-state index contributed by atoms with van der Waals surface area (Å²) in [5.74, 6) is 0.564. The number of esters is 1. The first kappa shape index (κ1) is 10.9. The topological polar surface area (TPSA) is 38.3 Å². The van der Waals surface area contributed by atoms with Crippen LogP contribution < -0.4 is 5.32 Å². The third-order valence-corrected chi connectivity index (χ3v) is 3.90. The molecular weight excluding hydrogens is 190 g/mol. The summed E-state index contributed by atoms with van der Waals surface area (Å²) >= 11 is 0. The third kappa shape index (κ3) is 2.51. The van der Waals surface area contributed by atoms with E-state index < -0.39 is 0 Å². The largest absolute Gasteiger partial charge is 0.466 e. The van der Waals surface area contributed by atoms with Gasteiger partial charge in [-0.05, 0) is 50.5 Å². The molecule has 86 valence electrons. The molecule has 0 aromatic heterocycles. The molecule has 1 saturated heterocycles. The van der Waals surface area contributed by atoms with Crippen molar-refractivity contribution < 1.29 is 9.53 Å². The second-order valence-electron chi connectivity index (χ2n) is 5.04. The van der Waals surface area contributed by atoms with Crippen molar-refractivity contribution in [1.82, 2.24) is 5.32 Å². The van der Waals surface area contributed by atoms with Crippen molar-refractivity contribution >= 4 is 5.97 Å². The van der Waals surface area contributed by atoms with Crippen LogP contribution in [0.4, 0.5) is 0 Å². The zero-order chi connectivity index (χ0) is 10.7. The summed E-state index contributed by atoms with van der Waals surface area (Å²) in [7, 11) is 0. The molecule has 2 fully saturated rings. The predicted molar refractivity (Wildman–Crippen MR) is 58.5 cm³/mol. The molecule has 15 heavy (non-hydrogen) atoms. The first-order chi connectivity index (χ1) is 7.24. The number of hydrogen-bond acceptors (Lipinski definition) is 3. The van der Waals surface area contributed by atoms with E-state index in [4.69, 9.17) is 4.74 Å². The van der Waals surface area contributed by atoms with Gasteiger partial charge in [0.1, 0.15) is 0 Å². The molecular formula is C12H21NO2. The first-order valence-electron chi connectivity index (χ1n) is 6.10. The molecule has 3 nitrogen and oxygen atoms in total. The number of carbonyl (C=O) groups excluding carboxylic acids is 1. The molecule has 0 aromatic rings. The van der Waals surface area contributed by atoms with Crippen molar-refractivity contribution in [3.63, 3.8) is 0 Å². The molecule has 2 rings (SSSR count). The van der Waals surface area contributed by atoms with E-state index >= 15 is 0 Å². The Kier molecular flexibility index (Phi) is 3.29. The van der Waals surface area contributed by atoms with Gasteiger partial charge in [0.05, 0.1) is 6.61 Å². The smallest absolute Gasteiger partial charge is 0.306 e. The van der Waals surface area contributed by atoms with Crippen molar-refractivity contribution in [3.05, 3.63) is 0 Å². The Morgan fingerprint density at radius 1 is 1.53 bits per heavy atom. The molecule has 1 aliphatic heterocycles. The van der Waals surface area contributed by atoms with Crippen LogP contribution in [0.1, 0.15) is 39.0 Å². The van der Waals surface area contributed by atoms with Gasteiger partial charge in [0, 0.05) is 13.0 Å². The van der Waals surface area contributed by atoms with Crippen LogP contribution in [0, 0.1) is 11.3 Å². The summed E-state index contributed by atoms with van der Waals surface area (Å²) in [5, 5.41) is 3.44. The van der Waals surface area contributed by atoms with E-state index in [1.807, 2.05) is 6.92 Å². The standard InChI is InChI=1S/C12H21NO2/c1-2-15-11(14)7-10-3-4-12(8-10)5-6-13-9-12/h10,13H,2-9H2,1H3. The van der Waals surface area contributed by atoms with E-state index in [1.54, 1.807) is 0 Å². The Labute approximate surface area is 91.6 Å². The second-order valence-corrected chi connectivity index (χ2v) is 5.04. The lowest BCUT2D eigenvalue weighted by Gasteiger charge is -2.21. The molecule has 0 amide bonds. The van der Waals surface area contributed by atoms with Crippen molar-refractivity contribution in [2.24, 2.45) is 11.3 Å². The van der Waals surface area contributed by atoms with E-state index in [9.17, 15) is 4.79 Å². The van der Waals surface area contributed by atoms with Gasteiger partial charge >= 0.3 is 5.97 Å². The van der Waals surface area contributed by atoms with Crippen LogP contribution in [0.25, 0.3) is 0 Å². The lowest BCUT2D eigenvalue weighted by molar-refractivity contribution is -0.144. The molecule has 1 aliphatic carbocycles. The molecule has 0 bridgehead atoms. The lowest BCUT2D eigenvalue weighted by Crippen LogP contribution is -2.21. The average Bonchev–Trinajstić information content (AvgIpc) is 2.79. The lowest BCUT2D eigenvalue weighted by atomic mass is 9.84. The molecule has 2 aliphatic rings. The molecule has 0 aromatic carbocycles. The monoisotopic (exact) mass is 211 g/mol. The van der Waals surface area contributed by atoms with Crippen molar-refractivity contribution in [3.8, 4) is 0 Å². The second kappa shape index (κ2) is 4.52. The molecule has 1 N–H and O–H groups in total. The van der Waals surface area contributed by atoms with Crippen LogP contribution in [0.5, 0.6) is 0 Å². The van der Waals surface area contributed by atoms with Gasteiger partial charge in [-0.15, -0.1) is 0 Å². The Morgan fingerprint density at radius 3 is 3.07 bits per heavy atom. The minimum absolute atomic E-state index is 0.00879. The number of rotatable bonds is 3. The highest BCUT2D eigenvalue weighted by Gasteiger charge is 2.41. The minimum Gasteiger partial charge on any atom is -0.466 e. The van der Waals surface area contributed by atoms with Crippen LogP contribution in [0.15, 0.2) is 0 Å². The molecule has 2 unspecified atom stereocenters. The fourth-order valence-corrected chi connectivity index (χ4v) is 3.14. The Morgan fingerprint density at radius 2 is 2.40 bits per heavy atom. The average molecular weight is 211 g/mol. The summed E-state index contributed by atoms with van der Waals surface area (Å²) < 4.78 is 5.00. The van der Waals surface area contributed by atoms with Gasteiger partial charge in [-0.2, -0.15) is 0 Å². The Balaban J connectivity index is 1.79. The van der Waals surface area contributed by atoms with Crippen molar-refractivity contribution in [2.75, 3.05) is 19.7 Å². The van der Waals surface area contributed by atoms with E-state index in [-0.39, 0.29) is 5.97 Å². The number of carbonyl (C=O) groups is 1. The first-order valence-corrected chi connectivity index (χ1v) is 6.10. The summed E-state index contributed by atoms with van der Waals surface area (Å²) in [5.41, 5.74) is 0.525. The van der Waals surface area contributed by atoms with Gasteiger partial charge in [-0.25, -0.2) is 0 Å². The number of ether oxygens (including phenoxy) is 1. The maximum absolute atomic E-state index is 11.4. The van der Waals surface area contributed by atoms with Gasteiger partial charge in [-0.3, -0.25) is 4.79 Å². The van der Waals surface area contributed by atoms with E-state index in [0.29, 0.717) is 24.4 Å². The summed E-state index contributed by atoms with van der Waals surface area (Å²) in [6, 6.07) is 0. The zero-order valence-electron chi connectivity index (χ0n) is 9.55. The Bertz CT molecular complexity index is 234. The van der Waals surface area contributed by atoms with Crippen LogP contribution in [-0.4, -0.2) is 25.7 Å². The van der Waals surface area contributed by atoms with E-state index in [1.165, 1.54) is 25.7 Å². The maximum atomic E-state index is 11.4. The fraction of sp³-hybridized carbons (Fsp3) is 0.917. The maximum Gasteiger partial charge on any atom is 0.306 e. The van der Waals surface area contributed by atoms with E-state index in [0.717, 1.165) is 13.1 Å². The highest BCUT2D eigenvalue weighted by atomic mass is 16.5. The van der Waals surface area contributed by atoms with Gasteiger partial charge in [-0.1, -0.05) is 0 Å². The summed E-state index contributed by atoms with van der Waals surface area (Å²) in [4.78, 5) is 11.4. The van der Waals surface area contributed by atoms with Crippen LogP contribution in [-0.2, 0) is 9.53 Å². The van der Waals surface area contributed by atoms with Gasteiger partial charge in [0.15, 0.2) is 0 Å². The third-order valence-electron chi connectivity index (χ3n) is 3.90. The molecule has 2 atom stereocenters. The van der Waals surface area contributed by atoms with Gasteiger partial charge < -0.3 is 10.1 Å². The molecule has 3 heteroatoms. The quantitative estimate of drug-likeness (QED) is 0.722. The van der Waals surface area contributed by atoms with Crippen molar-refractivity contribution in [1.29, 1.82) is 0 Å². The highest BCUT2D eigenvalue weighted by Crippen LogP contribution is 2.46. The Hall–Kier alpha value is -0.570. The number of hydrogen-bond donors (Lipinski definition) is 1. The predicted octanol–water partition coefficient (Wildman–Crippen LogP) is 1.72. The zero-order valence-corrected chi connectivity index (χ0v) is 9.55. The summed E-state index contributed by atoms with van der Waals surface area (Å²) in [6.45, 7) is 4.70. The molecule has 1 heterocycles. The van der Waals surface area contributed by atoms with Crippen LogP contribution in [0.3, 0.4) is 0 Å². The van der Waals surface area contributed by atoms with Crippen LogP contribution in [0.2, 0.25) is 0 Å². The summed E-state index contributed by atoms with van der Waals surface area (Å²) in [6.07, 6.45) is 5.66. The van der Waals surface area contributed by atoms with E-state index in [2.05, 4.69) is 5.32 Å².